The van der Waals surface area contributed by atoms with Crippen LogP contribution in [0.3, 0.4) is 0 Å². The quantitative estimate of drug-likeness (QED) is 0.593. The number of amides is 2. The number of hydrazine groups is 1. The Bertz CT molecular complexity index is 1000. The van der Waals surface area contributed by atoms with Crippen molar-refractivity contribution in [3.8, 4) is 5.75 Å². The number of ether oxygens (including phenoxy) is 1. The van der Waals surface area contributed by atoms with Gasteiger partial charge in [-0.3, -0.25) is 20.4 Å². The molecule has 0 aromatic heterocycles. The van der Waals surface area contributed by atoms with Gasteiger partial charge < -0.3 is 4.74 Å². The normalized spacial score (nSPS) is 11.2. The van der Waals surface area contributed by atoms with E-state index < -0.39 is 21.8 Å². The zero-order chi connectivity index (χ0) is 21.6. The molecule has 2 amide bonds. The SMILES string of the molecule is CNS(=O)(=O)c1cccc(C(=O)NNC(=O)COc2cc(C)ccc2C(C)C)c1. The van der Waals surface area contributed by atoms with Crippen molar-refractivity contribution in [2.24, 2.45) is 0 Å². The average molecular weight is 420 g/mol. The molecule has 29 heavy (non-hydrogen) atoms. The molecule has 0 radical (unpaired) electrons. The molecule has 0 aliphatic heterocycles. The van der Waals surface area contributed by atoms with Gasteiger partial charge in [-0.05, 0) is 55.3 Å². The number of aryl methyl sites for hydroxylation is 1. The standard InChI is InChI=1S/C20H25N3O5S/c1-13(2)17-9-8-14(3)10-18(17)28-12-19(24)22-23-20(25)15-6-5-7-16(11-15)29(26,27)21-4/h5-11,13,21H,12H2,1-4H3,(H,22,24)(H,23,25). The van der Waals surface area contributed by atoms with Crippen molar-refractivity contribution in [3.63, 3.8) is 0 Å². The maximum absolute atomic E-state index is 12.2. The molecular formula is C20H25N3O5S. The Balaban J connectivity index is 1.96. The summed E-state index contributed by atoms with van der Waals surface area (Å²) in [5.74, 6) is -0.348. The summed E-state index contributed by atoms with van der Waals surface area (Å²) in [4.78, 5) is 24.2. The number of rotatable bonds is 7. The van der Waals surface area contributed by atoms with Gasteiger partial charge in [-0.15, -0.1) is 0 Å². The fourth-order valence-electron chi connectivity index (χ4n) is 2.54. The van der Waals surface area contributed by atoms with Crippen LogP contribution in [-0.2, 0) is 14.8 Å². The second-order valence-corrected chi connectivity index (χ2v) is 8.61. The molecule has 0 saturated carbocycles. The molecule has 156 valence electrons. The summed E-state index contributed by atoms with van der Waals surface area (Å²) in [6.45, 7) is 5.71. The van der Waals surface area contributed by atoms with Crippen LogP contribution >= 0.6 is 0 Å². The fourth-order valence-corrected chi connectivity index (χ4v) is 3.32. The van der Waals surface area contributed by atoms with Crippen molar-refractivity contribution in [1.29, 1.82) is 0 Å². The molecule has 2 rings (SSSR count). The lowest BCUT2D eigenvalue weighted by Gasteiger charge is -2.15. The predicted octanol–water partition coefficient (Wildman–Crippen LogP) is 1.87. The van der Waals surface area contributed by atoms with Gasteiger partial charge >= 0.3 is 0 Å². The number of carbonyl (C=O) groups excluding carboxylic acids is 2. The van der Waals surface area contributed by atoms with Crippen LogP contribution in [0.25, 0.3) is 0 Å². The third kappa shape index (κ3) is 6.03. The summed E-state index contributed by atoms with van der Waals surface area (Å²) < 4.78 is 31.4. The average Bonchev–Trinajstić information content (AvgIpc) is 2.70. The third-order valence-electron chi connectivity index (χ3n) is 4.14. The fraction of sp³-hybridized carbons (Fsp3) is 0.300. The molecule has 0 spiro atoms. The molecule has 2 aromatic rings. The minimum Gasteiger partial charge on any atom is -0.483 e. The van der Waals surface area contributed by atoms with E-state index >= 15 is 0 Å². The zero-order valence-corrected chi connectivity index (χ0v) is 17.6. The first-order valence-corrected chi connectivity index (χ1v) is 10.5. The zero-order valence-electron chi connectivity index (χ0n) is 16.8. The van der Waals surface area contributed by atoms with Gasteiger partial charge in [0.05, 0.1) is 4.90 Å². The van der Waals surface area contributed by atoms with E-state index in [0.717, 1.165) is 11.1 Å². The summed E-state index contributed by atoms with van der Waals surface area (Å²) in [5, 5.41) is 0. The molecule has 8 nitrogen and oxygen atoms in total. The van der Waals surface area contributed by atoms with Crippen LogP contribution in [0.1, 0.15) is 41.3 Å². The molecule has 0 heterocycles. The lowest BCUT2D eigenvalue weighted by Crippen LogP contribution is -2.43. The van der Waals surface area contributed by atoms with Crippen molar-refractivity contribution in [3.05, 3.63) is 59.2 Å². The highest BCUT2D eigenvalue weighted by Crippen LogP contribution is 2.27. The largest absolute Gasteiger partial charge is 0.483 e. The Morgan fingerprint density at radius 3 is 2.45 bits per heavy atom. The van der Waals surface area contributed by atoms with Crippen LogP contribution in [-0.4, -0.2) is 33.9 Å². The molecule has 2 aromatic carbocycles. The molecular weight excluding hydrogens is 394 g/mol. The monoisotopic (exact) mass is 419 g/mol. The highest BCUT2D eigenvalue weighted by molar-refractivity contribution is 7.89. The minimum absolute atomic E-state index is 0.0528. The van der Waals surface area contributed by atoms with E-state index in [1.54, 1.807) is 0 Å². The highest BCUT2D eigenvalue weighted by Gasteiger charge is 2.15. The summed E-state index contributed by atoms with van der Waals surface area (Å²) in [6.07, 6.45) is 0. The van der Waals surface area contributed by atoms with E-state index in [2.05, 4.69) is 15.6 Å². The van der Waals surface area contributed by atoms with E-state index in [0.29, 0.717) is 5.75 Å². The molecule has 0 aliphatic carbocycles. The van der Waals surface area contributed by atoms with Crippen LogP contribution in [0.15, 0.2) is 47.4 Å². The number of hydrogen-bond acceptors (Lipinski definition) is 5. The van der Waals surface area contributed by atoms with Crippen molar-refractivity contribution >= 4 is 21.8 Å². The van der Waals surface area contributed by atoms with Crippen LogP contribution in [0.4, 0.5) is 0 Å². The molecule has 9 heteroatoms. The van der Waals surface area contributed by atoms with Crippen LogP contribution in [0.2, 0.25) is 0 Å². The Morgan fingerprint density at radius 1 is 1.07 bits per heavy atom. The minimum atomic E-state index is -3.68. The number of hydrogen-bond donors (Lipinski definition) is 3. The van der Waals surface area contributed by atoms with Gasteiger partial charge in [-0.1, -0.05) is 32.0 Å². The van der Waals surface area contributed by atoms with E-state index in [4.69, 9.17) is 4.74 Å². The lowest BCUT2D eigenvalue weighted by atomic mass is 10.0. The van der Waals surface area contributed by atoms with Gasteiger partial charge in [0.2, 0.25) is 10.0 Å². The maximum Gasteiger partial charge on any atom is 0.276 e. The Morgan fingerprint density at radius 2 is 1.79 bits per heavy atom. The first kappa shape index (κ1) is 22.4. The smallest absolute Gasteiger partial charge is 0.276 e. The van der Waals surface area contributed by atoms with Crippen molar-refractivity contribution in [2.75, 3.05) is 13.7 Å². The first-order valence-electron chi connectivity index (χ1n) is 9.00. The van der Waals surface area contributed by atoms with Gasteiger partial charge in [-0.25, -0.2) is 13.1 Å². The van der Waals surface area contributed by atoms with Gasteiger partial charge in [0, 0.05) is 5.56 Å². The first-order chi connectivity index (χ1) is 13.6. The number of benzene rings is 2. The maximum atomic E-state index is 12.2. The van der Waals surface area contributed by atoms with Gasteiger partial charge in [0.15, 0.2) is 6.61 Å². The second-order valence-electron chi connectivity index (χ2n) is 6.72. The number of sulfonamides is 1. The van der Waals surface area contributed by atoms with E-state index in [-0.39, 0.29) is 23.0 Å². The summed E-state index contributed by atoms with van der Waals surface area (Å²) in [7, 11) is -2.40. The van der Waals surface area contributed by atoms with Crippen molar-refractivity contribution < 1.29 is 22.7 Å². The number of nitrogens with one attached hydrogen (secondary N) is 3. The Labute approximate surface area is 170 Å². The summed E-state index contributed by atoms with van der Waals surface area (Å²) in [5.41, 5.74) is 6.58. The molecule has 0 aliphatic rings. The molecule has 0 fully saturated rings. The Kier molecular flexibility index (Phi) is 7.35. The van der Waals surface area contributed by atoms with Crippen LogP contribution in [0.5, 0.6) is 5.75 Å². The van der Waals surface area contributed by atoms with Gasteiger partial charge in [0.25, 0.3) is 11.8 Å². The third-order valence-corrected chi connectivity index (χ3v) is 5.55. The lowest BCUT2D eigenvalue weighted by molar-refractivity contribution is -0.123. The number of carbonyl (C=O) groups is 2. The van der Waals surface area contributed by atoms with Crippen LogP contribution in [0, 0.1) is 6.92 Å². The van der Waals surface area contributed by atoms with Crippen molar-refractivity contribution in [2.45, 2.75) is 31.6 Å². The van der Waals surface area contributed by atoms with E-state index in [1.165, 1.54) is 31.3 Å². The topological polar surface area (TPSA) is 114 Å². The van der Waals surface area contributed by atoms with E-state index in [1.807, 2.05) is 39.0 Å². The second kappa shape index (κ2) is 9.53. The van der Waals surface area contributed by atoms with Gasteiger partial charge in [-0.2, -0.15) is 0 Å². The molecule has 0 saturated heterocycles. The highest BCUT2D eigenvalue weighted by atomic mass is 32.2. The summed E-state index contributed by atoms with van der Waals surface area (Å²) >= 11 is 0. The van der Waals surface area contributed by atoms with Crippen molar-refractivity contribution in [1.82, 2.24) is 15.6 Å². The predicted molar refractivity (Wildman–Crippen MR) is 109 cm³/mol. The van der Waals surface area contributed by atoms with E-state index in [9.17, 15) is 18.0 Å². The molecule has 3 N–H and O–H groups in total. The van der Waals surface area contributed by atoms with Gasteiger partial charge in [0.1, 0.15) is 5.75 Å². The molecule has 0 unspecified atom stereocenters. The van der Waals surface area contributed by atoms with Crippen LogP contribution < -0.4 is 20.3 Å². The summed E-state index contributed by atoms with van der Waals surface area (Å²) in [6, 6.07) is 11.2. The molecule has 0 atom stereocenters. The molecule has 0 bridgehead atoms. The Hall–Kier alpha value is -2.91.